The highest BCUT2D eigenvalue weighted by molar-refractivity contribution is 5.75. The molecule has 1 N–H and O–H groups in total. The molecule has 0 saturated carbocycles. The van der Waals surface area contributed by atoms with E-state index in [-0.39, 0.29) is 24.1 Å². The largest absolute Gasteiger partial charge is 0.393 e. The van der Waals surface area contributed by atoms with E-state index in [0.717, 1.165) is 6.42 Å². The summed E-state index contributed by atoms with van der Waals surface area (Å²) in [5.41, 5.74) is 0. The molecule has 70 valence electrons. The molecule has 1 rings (SSSR count). The van der Waals surface area contributed by atoms with Gasteiger partial charge in [0.25, 0.3) is 0 Å². The topological polar surface area (TPSA) is 49.8 Å². The number of Topliss-reactive ketones (excluding diaryl/α,β-unsaturated/α-hetero) is 1. The molecule has 0 aliphatic carbocycles. The molecule has 0 aromatic rings. The van der Waals surface area contributed by atoms with Gasteiger partial charge < -0.3 is 14.6 Å². The molecule has 0 radical (unpaired) electrons. The van der Waals surface area contributed by atoms with E-state index in [4.69, 9.17) is 9.84 Å². The molecule has 0 amide bonds. The molecule has 3 nitrogen and oxygen atoms in total. The molecule has 3 unspecified atom stereocenters. The number of carbonyl (C=O) groups is 1. The van der Waals surface area contributed by atoms with Crippen LogP contribution in [0.1, 0.15) is 33.1 Å². The van der Waals surface area contributed by atoms with Gasteiger partial charge >= 0.3 is 0 Å². The molecule has 3 heteroatoms. The number of aliphatic hydroxyl groups is 1. The number of carbonyl (C=O) groups excluding carboxylic acids is 1. The fourth-order valence-corrected chi connectivity index (χ4v) is 1.32. The van der Waals surface area contributed by atoms with Crippen molar-refractivity contribution < 1.29 is 14.6 Å². The highest BCUT2D eigenvalue weighted by Gasteiger charge is 2.38. The zero-order valence-corrected chi connectivity index (χ0v) is 7.62. The molecule has 1 aliphatic rings. The Kier molecular flexibility index (Phi) is 3.23. The average Bonchev–Trinajstić information content (AvgIpc) is 2.62. The van der Waals surface area contributed by atoms with Crippen LogP contribution in [-0.2, 0) is 9.53 Å². The van der Waals surface area contributed by atoms with Gasteiger partial charge in [-0.1, -0.05) is 0 Å². The third kappa shape index (κ3) is 3.32. The Morgan fingerprint density at radius 3 is 2.75 bits per heavy atom. The van der Waals surface area contributed by atoms with Crippen LogP contribution in [0.25, 0.3) is 0 Å². The molecule has 3 atom stereocenters. The number of ketones is 1. The summed E-state index contributed by atoms with van der Waals surface area (Å²) >= 11 is 0. The van der Waals surface area contributed by atoms with E-state index >= 15 is 0 Å². The van der Waals surface area contributed by atoms with Crippen LogP contribution in [0.2, 0.25) is 0 Å². The van der Waals surface area contributed by atoms with Crippen molar-refractivity contribution in [3.63, 3.8) is 0 Å². The normalized spacial score (nSPS) is 29.9. The highest BCUT2D eigenvalue weighted by atomic mass is 16.6. The van der Waals surface area contributed by atoms with Crippen LogP contribution in [0, 0.1) is 0 Å². The summed E-state index contributed by atoms with van der Waals surface area (Å²) in [6.45, 7) is 3.34. The SMILES string of the molecule is CC(=O)CCC1OC1CC(C)O. The Morgan fingerprint density at radius 1 is 1.58 bits per heavy atom. The first-order valence-electron chi connectivity index (χ1n) is 4.42. The molecular formula is C9H16O3. The van der Waals surface area contributed by atoms with Crippen molar-refractivity contribution in [1.82, 2.24) is 0 Å². The lowest BCUT2D eigenvalue weighted by molar-refractivity contribution is -0.117. The molecule has 1 heterocycles. The van der Waals surface area contributed by atoms with Crippen molar-refractivity contribution in [3.8, 4) is 0 Å². The van der Waals surface area contributed by atoms with Crippen LogP contribution in [0.3, 0.4) is 0 Å². The van der Waals surface area contributed by atoms with Crippen LogP contribution in [0.4, 0.5) is 0 Å². The Morgan fingerprint density at radius 2 is 2.25 bits per heavy atom. The zero-order chi connectivity index (χ0) is 9.14. The number of hydrogen-bond donors (Lipinski definition) is 1. The third-order valence-electron chi connectivity index (χ3n) is 2.04. The van der Waals surface area contributed by atoms with Gasteiger partial charge in [0, 0.05) is 12.8 Å². The van der Waals surface area contributed by atoms with Gasteiger partial charge in [-0.25, -0.2) is 0 Å². The monoisotopic (exact) mass is 172 g/mol. The van der Waals surface area contributed by atoms with Crippen LogP contribution in [0.15, 0.2) is 0 Å². The lowest BCUT2D eigenvalue weighted by Gasteiger charge is -1.97. The van der Waals surface area contributed by atoms with E-state index < -0.39 is 0 Å². The fraction of sp³-hybridized carbons (Fsp3) is 0.889. The van der Waals surface area contributed by atoms with Gasteiger partial charge in [0.2, 0.25) is 0 Å². The van der Waals surface area contributed by atoms with Crippen molar-refractivity contribution in [3.05, 3.63) is 0 Å². The van der Waals surface area contributed by atoms with Gasteiger partial charge in [-0.3, -0.25) is 0 Å². The van der Waals surface area contributed by atoms with Crippen LogP contribution in [-0.4, -0.2) is 29.2 Å². The minimum absolute atomic E-state index is 0.198. The van der Waals surface area contributed by atoms with Crippen LogP contribution < -0.4 is 0 Å². The van der Waals surface area contributed by atoms with Crippen molar-refractivity contribution >= 4 is 5.78 Å². The molecule has 1 saturated heterocycles. The van der Waals surface area contributed by atoms with E-state index in [1.165, 1.54) is 0 Å². The molecule has 1 aliphatic heterocycles. The molecule has 0 aromatic carbocycles. The quantitative estimate of drug-likeness (QED) is 0.627. The standard InChI is InChI=1S/C9H16O3/c1-6(10)3-4-8-9(12-8)5-7(2)11/h7-9,11H,3-5H2,1-2H3. The Labute approximate surface area is 72.7 Å². The first-order chi connectivity index (χ1) is 5.59. The second-order valence-electron chi connectivity index (χ2n) is 3.54. The lowest BCUT2D eigenvalue weighted by Crippen LogP contribution is -2.06. The Bertz CT molecular complexity index is 165. The third-order valence-corrected chi connectivity index (χ3v) is 2.04. The van der Waals surface area contributed by atoms with E-state index in [1.807, 2.05) is 0 Å². The minimum atomic E-state index is -0.294. The molecular weight excluding hydrogens is 156 g/mol. The number of aliphatic hydroxyl groups excluding tert-OH is 1. The van der Waals surface area contributed by atoms with Gasteiger partial charge in [-0.2, -0.15) is 0 Å². The fourth-order valence-electron chi connectivity index (χ4n) is 1.32. The molecule has 0 spiro atoms. The smallest absolute Gasteiger partial charge is 0.129 e. The molecule has 0 bridgehead atoms. The first-order valence-corrected chi connectivity index (χ1v) is 4.42. The van der Waals surface area contributed by atoms with Gasteiger partial charge in [0.05, 0.1) is 18.3 Å². The van der Waals surface area contributed by atoms with Crippen LogP contribution in [0.5, 0.6) is 0 Å². The summed E-state index contributed by atoms with van der Waals surface area (Å²) in [6.07, 6.45) is 2.24. The first kappa shape index (κ1) is 9.68. The Balaban J connectivity index is 2.04. The van der Waals surface area contributed by atoms with Gasteiger partial charge in [0.15, 0.2) is 0 Å². The van der Waals surface area contributed by atoms with Crippen molar-refractivity contribution in [2.75, 3.05) is 0 Å². The highest BCUT2D eigenvalue weighted by Crippen LogP contribution is 2.30. The maximum atomic E-state index is 10.6. The lowest BCUT2D eigenvalue weighted by atomic mass is 10.1. The summed E-state index contributed by atoms with van der Waals surface area (Å²) in [5.74, 6) is 0.210. The van der Waals surface area contributed by atoms with Gasteiger partial charge in [0.1, 0.15) is 5.78 Å². The zero-order valence-electron chi connectivity index (χ0n) is 7.62. The number of ether oxygens (including phenoxy) is 1. The second kappa shape index (κ2) is 4.01. The molecule has 0 aromatic heterocycles. The summed E-state index contributed by atoms with van der Waals surface area (Å²) < 4.78 is 5.27. The summed E-state index contributed by atoms with van der Waals surface area (Å²) in [7, 11) is 0. The number of rotatable bonds is 5. The number of hydrogen-bond acceptors (Lipinski definition) is 3. The van der Waals surface area contributed by atoms with Crippen molar-refractivity contribution in [2.24, 2.45) is 0 Å². The van der Waals surface area contributed by atoms with E-state index in [1.54, 1.807) is 13.8 Å². The average molecular weight is 172 g/mol. The van der Waals surface area contributed by atoms with Gasteiger partial charge in [-0.05, 0) is 20.3 Å². The van der Waals surface area contributed by atoms with Gasteiger partial charge in [-0.15, -0.1) is 0 Å². The molecule has 1 fully saturated rings. The van der Waals surface area contributed by atoms with Crippen LogP contribution >= 0.6 is 0 Å². The van der Waals surface area contributed by atoms with E-state index in [2.05, 4.69) is 0 Å². The van der Waals surface area contributed by atoms with E-state index in [9.17, 15) is 4.79 Å². The minimum Gasteiger partial charge on any atom is -0.393 e. The predicted octanol–water partition coefficient (Wildman–Crippen LogP) is 0.894. The van der Waals surface area contributed by atoms with E-state index in [0.29, 0.717) is 12.8 Å². The van der Waals surface area contributed by atoms with Crippen molar-refractivity contribution in [1.29, 1.82) is 0 Å². The number of epoxide rings is 1. The second-order valence-corrected chi connectivity index (χ2v) is 3.54. The summed E-state index contributed by atoms with van der Waals surface area (Å²) in [6, 6.07) is 0. The predicted molar refractivity (Wildman–Crippen MR) is 44.9 cm³/mol. The summed E-state index contributed by atoms with van der Waals surface area (Å²) in [5, 5.41) is 9.01. The van der Waals surface area contributed by atoms with Crippen molar-refractivity contribution in [2.45, 2.75) is 51.4 Å². The Hall–Kier alpha value is -0.410. The maximum absolute atomic E-state index is 10.6. The molecule has 12 heavy (non-hydrogen) atoms. The maximum Gasteiger partial charge on any atom is 0.129 e. The summed E-state index contributed by atoms with van der Waals surface area (Å²) in [4.78, 5) is 10.6.